The van der Waals surface area contributed by atoms with Gasteiger partial charge in [0.2, 0.25) is 0 Å². The minimum atomic E-state index is 0.238. The van der Waals surface area contributed by atoms with E-state index in [0.29, 0.717) is 11.8 Å². The van der Waals surface area contributed by atoms with Gasteiger partial charge in [-0.25, -0.2) is 4.98 Å². The Hall–Kier alpha value is -2.83. The Bertz CT molecular complexity index is 996. The molecule has 1 aliphatic rings. The Labute approximate surface area is 191 Å². The van der Waals surface area contributed by atoms with Crippen LogP contribution in [0.25, 0.3) is 11.3 Å². The fourth-order valence-corrected chi connectivity index (χ4v) is 4.53. The predicted molar refractivity (Wildman–Crippen MR) is 128 cm³/mol. The highest BCUT2D eigenvalue weighted by atomic mass is 16.5. The molecule has 4 rings (SSSR count). The van der Waals surface area contributed by atoms with Gasteiger partial charge in [-0.05, 0) is 63.7 Å². The summed E-state index contributed by atoms with van der Waals surface area (Å²) in [6, 6.07) is 17.3. The Morgan fingerprint density at radius 3 is 2.44 bits per heavy atom. The lowest BCUT2D eigenvalue weighted by atomic mass is 10.0. The van der Waals surface area contributed by atoms with E-state index in [1.165, 1.54) is 18.4 Å². The zero-order chi connectivity index (χ0) is 22.5. The van der Waals surface area contributed by atoms with Crippen LogP contribution in [0, 0.1) is 0 Å². The number of nitrogens with zero attached hydrogens (tertiary/aromatic N) is 4. The second kappa shape index (κ2) is 10.2. The molecule has 1 aromatic heterocycles. The summed E-state index contributed by atoms with van der Waals surface area (Å²) in [6.07, 6.45) is 6.66. The first kappa shape index (κ1) is 22.4. The summed E-state index contributed by atoms with van der Waals surface area (Å²) in [5, 5.41) is 0. The molecular formula is C26H34N4O2. The molecule has 0 N–H and O–H groups in total. The minimum Gasteiger partial charge on any atom is -0.493 e. The Balaban J connectivity index is 1.37. The molecule has 3 aromatic rings. The van der Waals surface area contributed by atoms with Crippen LogP contribution < -0.4 is 9.47 Å². The van der Waals surface area contributed by atoms with Crippen LogP contribution >= 0.6 is 0 Å². The predicted octanol–water partition coefficient (Wildman–Crippen LogP) is 4.68. The number of hydrogen-bond acceptors (Lipinski definition) is 5. The van der Waals surface area contributed by atoms with Gasteiger partial charge in [-0.1, -0.05) is 30.3 Å². The molecule has 0 aliphatic carbocycles. The molecule has 1 unspecified atom stereocenters. The summed E-state index contributed by atoms with van der Waals surface area (Å²) in [5.41, 5.74) is 3.35. The lowest BCUT2D eigenvalue weighted by molar-refractivity contribution is 0.0727. The van der Waals surface area contributed by atoms with Gasteiger partial charge >= 0.3 is 0 Å². The molecule has 1 fully saturated rings. The lowest BCUT2D eigenvalue weighted by Crippen LogP contribution is -2.44. The number of ether oxygens (including phenoxy) is 2. The van der Waals surface area contributed by atoms with Gasteiger partial charge in [-0.2, -0.15) is 0 Å². The van der Waals surface area contributed by atoms with E-state index in [-0.39, 0.29) is 6.17 Å². The van der Waals surface area contributed by atoms with Gasteiger partial charge in [-0.3, -0.25) is 9.80 Å². The molecule has 2 aromatic carbocycles. The van der Waals surface area contributed by atoms with Crippen molar-refractivity contribution in [3.05, 3.63) is 66.6 Å². The molecule has 0 saturated carbocycles. The molecule has 6 heteroatoms. The number of hydrogen-bond donors (Lipinski definition) is 0. The van der Waals surface area contributed by atoms with E-state index >= 15 is 0 Å². The summed E-state index contributed by atoms with van der Waals surface area (Å²) in [6.45, 7) is 5.56. The highest BCUT2D eigenvalue weighted by molar-refractivity contribution is 5.63. The average Bonchev–Trinajstić information content (AvgIpc) is 3.34. The molecular weight excluding hydrogens is 400 g/mol. The van der Waals surface area contributed by atoms with E-state index in [9.17, 15) is 0 Å². The summed E-state index contributed by atoms with van der Waals surface area (Å²) in [5.74, 6) is 1.44. The van der Waals surface area contributed by atoms with E-state index in [2.05, 4.69) is 69.9 Å². The topological polar surface area (TPSA) is 42.8 Å². The fourth-order valence-electron chi connectivity index (χ4n) is 4.53. The van der Waals surface area contributed by atoms with Gasteiger partial charge in [0.1, 0.15) is 0 Å². The Kier molecular flexibility index (Phi) is 7.12. The maximum absolute atomic E-state index is 5.44. The monoisotopic (exact) mass is 434 g/mol. The molecule has 1 saturated heterocycles. The van der Waals surface area contributed by atoms with Crippen LogP contribution in [0.5, 0.6) is 11.5 Å². The number of imidazole rings is 1. The van der Waals surface area contributed by atoms with E-state index < -0.39 is 0 Å². The van der Waals surface area contributed by atoms with Crippen LogP contribution in [0.1, 0.15) is 31.5 Å². The highest BCUT2D eigenvalue weighted by Crippen LogP contribution is 2.32. The second-order valence-corrected chi connectivity index (χ2v) is 8.57. The van der Waals surface area contributed by atoms with E-state index in [1.54, 1.807) is 14.2 Å². The van der Waals surface area contributed by atoms with Crippen LogP contribution in [0.15, 0.2) is 61.1 Å². The largest absolute Gasteiger partial charge is 0.493 e. The molecule has 6 nitrogen and oxygen atoms in total. The molecule has 0 radical (unpaired) electrons. The molecule has 32 heavy (non-hydrogen) atoms. The van der Waals surface area contributed by atoms with Gasteiger partial charge in [-0.15, -0.1) is 0 Å². The van der Waals surface area contributed by atoms with Crippen molar-refractivity contribution in [1.29, 1.82) is 0 Å². The van der Waals surface area contributed by atoms with Crippen molar-refractivity contribution in [3.63, 3.8) is 0 Å². The van der Waals surface area contributed by atoms with Crippen LogP contribution in [-0.2, 0) is 6.54 Å². The third-order valence-electron chi connectivity index (χ3n) is 6.68. The van der Waals surface area contributed by atoms with Crippen LogP contribution in [0.4, 0.5) is 0 Å². The summed E-state index contributed by atoms with van der Waals surface area (Å²) in [4.78, 5) is 9.71. The zero-order valence-corrected chi connectivity index (χ0v) is 19.6. The van der Waals surface area contributed by atoms with Crippen LogP contribution in [0.2, 0.25) is 0 Å². The van der Waals surface area contributed by atoms with Crippen molar-refractivity contribution < 1.29 is 9.47 Å². The summed E-state index contributed by atoms with van der Waals surface area (Å²) < 4.78 is 13.0. The number of likely N-dealkylation sites (tertiary alicyclic amines) is 1. The zero-order valence-electron chi connectivity index (χ0n) is 19.6. The Morgan fingerprint density at radius 1 is 1.03 bits per heavy atom. The smallest absolute Gasteiger partial charge is 0.161 e. The first-order chi connectivity index (χ1) is 15.6. The number of aromatic nitrogens is 2. The van der Waals surface area contributed by atoms with Gasteiger partial charge in [0.15, 0.2) is 11.5 Å². The number of methoxy groups -OCH3 is 2. The van der Waals surface area contributed by atoms with Gasteiger partial charge < -0.3 is 14.0 Å². The first-order valence-corrected chi connectivity index (χ1v) is 11.3. The fraction of sp³-hybridized carbons (Fsp3) is 0.423. The molecule has 170 valence electrons. The van der Waals surface area contributed by atoms with Gasteiger partial charge in [0, 0.05) is 24.3 Å². The van der Waals surface area contributed by atoms with E-state index in [0.717, 1.165) is 36.6 Å². The molecule has 0 bridgehead atoms. The normalized spacial score (nSPS) is 16.3. The average molecular weight is 435 g/mol. The Morgan fingerprint density at radius 2 is 1.75 bits per heavy atom. The van der Waals surface area contributed by atoms with Crippen molar-refractivity contribution in [2.75, 3.05) is 34.4 Å². The second-order valence-electron chi connectivity index (χ2n) is 8.57. The highest BCUT2D eigenvalue weighted by Gasteiger charge is 2.26. The van der Waals surface area contributed by atoms with Gasteiger partial charge in [0.25, 0.3) is 0 Å². The molecule has 0 amide bonds. The standard InChI is InChI=1S/C26H34N4O2/c1-20(28(2)23-12-14-29(15-13-23)17-21-8-6-5-7-9-21)30-18-24(27-19-30)22-10-11-25(31-3)26(16-22)32-4/h5-11,16,18-20,23H,12-15,17H2,1-4H3. The van der Waals surface area contributed by atoms with Crippen LogP contribution in [-0.4, -0.2) is 59.7 Å². The number of rotatable bonds is 8. The van der Waals surface area contributed by atoms with Gasteiger partial charge in [0.05, 0.1) is 32.4 Å². The lowest BCUT2D eigenvalue weighted by Gasteiger charge is -2.39. The van der Waals surface area contributed by atoms with Crippen molar-refractivity contribution in [2.24, 2.45) is 0 Å². The summed E-state index contributed by atoms with van der Waals surface area (Å²) in [7, 11) is 5.54. The van der Waals surface area contributed by atoms with Crippen molar-refractivity contribution in [3.8, 4) is 22.8 Å². The molecule has 1 aliphatic heterocycles. The van der Waals surface area contributed by atoms with Crippen molar-refractivity contribution in [2.45, 2.75) is 38.5 Å². The van der Waals surface area contributed by atoms with Crippen LogP contribution in [0.3, 0.4) is 0 Å². The first-order valence-electron chi connectivity index (χ1n) is 11.3. The third kappa shape index (κ3) is 4.97. The summed E-state index contributed by atoms with van der Waals surface area (Å²) >= 11 is 0. The maximum atomic E-state index is 5.44. The molecule has 2 heterocycles. The van der Waals surface area contributed by atoms with E-state index in [1.807, 2.05) is 24.5 Å². The SMILES string of the molecule is COc1ccc(-c2cn(C(C)N(C)C3CCN(Cc4ccccc4)CC3)cn2)cc1OC. The van der Waals surface area contributed by atoms with Crippen molar-refractivity contribution in [1.82, 2.24) is 19.4 Å². The minimum absolute atomic E-state index is 0.238. The third-order valence-corrected chi connectivity index (χ3v) is 6.68. The molecule has 1 atom stereocenters. The van der Waals surface area contributed by atoms with Crippen molar-refractivity contribution >= 4 is 0 Å². The number of piperidine rings is 1. The number of benzene rings is 2. The molecule has 0 spiro atoms. The maximum Gasteiger partial charge on any atom is 0.161 e. The van der Waals surface area contributed by atoms with E-state index in [4.69, 9.17) is 9.47 Å². The quantitative estimate of drug-likeness (QED) is 0.515.